The minimum absolute atomic E-state index is 0.0215. The SMILES string of the molecule is C=C1[C@@H](n2cnc3c2NC(Nc2nc4c(ncn4[C@H]4C[C@@H](CO)C4=C)c(=O)[nH]2)=NC3N)[C@H](CO)[C@H]1CO. The predicted octanol–water partition coefficient (Wildman–Crippen LogP) is -0.396. The molecule has 14 heteroatoms. The Morgan fingerprint density at radius 2 is 1.89 bits per heavy atom. The second-order valence-corrected chi connectivity index (χ2v) is 9.66. The van der Waals surface area contributed by atoms with E-state index in [1.54, 1.807) is 17.2 Å². The van der Waals surface area contributed by atoms with E-state index < -0.39 is 11.7 Å². The Morgan fingerprint density at radius 1 is 1.11 bits per heavy atom. The number of nitrogens with zero attached hydrogens (tertiary/aromatic N) is 6. The average Bonchev–Trinajstić information content (AvgIpc) is 3.47. The summed E-state index contributed by atoms with van der Waals surface area (Å²) >= 11 is 0. The largest absolute Gasteiger partial charge is 0.396 e. The van der Waals surface area contributed by atoms with E-state index in [2.05, 4.69) is 48.7 Å². The quantitative estimate of drug-likeness (QED) is 0.215. The first-order chi connectivity index (χ1) is 17.9. The highest BCUT2D eigenvalue weighted by atomic mass is 16.3. The molecule has 0 amide bonds. The fourth-order valence-electron chi connectivity index (χ4n) is 5.57. The molecule has 6 rings (SSSR count). The van der Waals surface area contributed by atoms with Crippen LogP contribution in [0.15, 0.2) is 46.7 Å². The monoisotopic (exact) mass is 508 g/mol. The first-order valence-corrected chi connectivity index (χ1v) is 12.0. The number of H-pyrrole nitrogens is 1. The number of aliphatic hydroxyl groups excluding tert-OH is 3. The van der Waals surface area contributed by atoms with Gasteiger partial charge in [0.1, 0.15) is 17.7 Å². The van der Waals surface area contributed by atoms with Gasteiger partial charge in [0, 0.05) is 31.0 Å². The second-order valence-electron chi connectivity index (χ2n) is 9.66. The number of nitrogens with one attached hydrogen (secondary N) is 3. The zero-order valence-electron chi connectivity index (χ0n) is 19.9. The zero-order chi connectivity index (χ0) is 26.0. The summed E-state index contributed by atoms with van der Waals surface area (Å²) in [5, 5.41) is 35.1. The minimum Gasteiger partial charge on any atom is -0.396 e. The van der Waals surface area contributed by atoms with Crippen LogP contribution in [0, 0.1) is 17.8 Å². The standard InChI is InChI=1S/C23H28N10O4/c1-9-11(4-34)3-14(9)32-7-26-16-20(32)29-23(30-21(16)37)31-22-27-18(24)15-19(28-22)33(8-25-15)17-10(2)12(5-35)13(17)6-36/h7-8,11-14,17-18,34-36H,1-6,24H2,(H3,27,28,29,30,31,37)/t11-,12-,13+,14-,17+,18?/m0/s1. The number of aromatic nitrogens is 6. The summed E-state index contributed by atoms with van der Waals surface area (Å²) in [6, 6.07) is -0.364. The van der Waals surface area contributed by atoms with Gasteiger partial charge >= 0.3 is 0 Å². The van der Waals surface area contributed by atoms with Crippen molar-refractivity contribution in [2.45, 2.75) is 24.7 Å². The first-order valence-electron chi connectivity index (χ1n) is 12.0. The molecule has 2 fully saturated rings. The molecule has 1 unspecified atom stereocenters. The van der Waals surface area contributed by atoms with Crippen LogP contribution in [0.1, 0.15) is 30.4 Å². The lowest BCUT2D eigenvalue weighted by Gasteiger charge is -2.46. The van der Waals surface area contributed by atoms with Gasteiger partial charge in [-0.05, 0) is 17.6 Å². The highest BCUT2D eigenvalue weighted by molar-refractivity contribution is 6.04. The average molecular weight is 509 g/mol. The smallest absolute Gasteiger partial charge is 0.280 e. The third kappa shape index (κ3) is 3.44. The highest BCUT2D eigenvalue weighted by Gasteiger charge is 2.46. The predicted molar refractivity (Wildman–Crippen MR) is 135 cm³/mol. The molecule has 0 spiro atoms. The molecular weight excluding hydrogens is 480 g/mol. The molecule has 2 aliphatic carbocycles. The van der Waals surface area contributed by atoms with Crippen molar-refractivity contribution in [1.29, 1.82) is 0 Å². The van der Waals surface area contributed by atoms with Gasteiger partial charge in [-0.25, -0.2) is 15.0 Å². The van der Waals surface area contributed by atoms with E-state index in [1.807, 2.05) is 4.57 Å². The summed E-state index contributed by atoms with van der Waals surface area (Å²) in [4.78, 5) is 33.0. The summed E-state index contributed by atoms with van der Waals surface area (Å²) in [5.41, 5.74) is 8.58. The number of anilines is 2. The number of rotatable bonds is 6. The summed E-state index contributed by atoms with van der Waals surface area (Å²) in [5.74, 6) is 0.567. The first kappa shape index (κ1) is 23.5. The van der Waals surface area contributed by atoms with Crippen LogP contribution in [-0.4, -0.2) is 70.2 Å². The molecule has 3 aliphatic rings. The second kappa shape index (κ2) is 8.62. The number of aliphatic imine (C=N–C) groups is 1. The van der Waals surface area contributed by atoms with Gasteiger partial charge in [0.25, 0.3) is 5.56 Å². The van der Waals surface area contributed by atoms with Gasteiger partial charge in [-0.15, -0.1) is 0 Å². The topological polar surface area (TPSA) is 205 Å². The Balaban J connectivity index is 1.28. The Kier molecular flexibility index (Phi) is 5.49. The summed E-state index contributed by atoms with van der Waals surface area (Å²) < 4.78 is 3.61. The Morgan fingerprint density at radius 3 is 2.59 bits per heavy atom. The van der Waals surface area contributed by atoms with Gasteiger partial charge in [-0.1, -0.05) is 13.2 Å². The Labute approximate surface area is 210 Å². The van der Waals surface area contributed by atoms with Crippen molar-refractivity contribution in [1.82, 2.24) is 29.1 Å². The number of fused-ring (bicyclic) bond motifs is 2. The molecule has 0 bridgehead atoms. The van der Waals surface area contributed by atoms with E-state index in [4.69, 9.17) is 5.73 Å². The van der Waals surface area contributed by atoms with Crippen LogP contribution in [-0.2, 0) is 0 Å². The van der Waals surface area contributed by atoms with Crippen LogP contribution >= 0.6 is 0 Å². The third-order valence-corrected chi connectivity index (χ3v) is 7.78. The van der Waals surface area contributed by atoms with Gasteiger partial charge in [-0.3, -0.25) is 15.1 Å². The zero-order valence-corrected chi connectivity index (χ0v) is 19.9. The van der Waals surface area contributed by atoms with Crippen molar-refractivity contribution in [3.63, 3.8) is 0 Å². The van der Waals surface area contributed by atoms with E-state index in [9.17, 15) is 20.1 Å². The molecule has 3 aromatic heterocycles. The third-order valence-electron chi connectivity index (χ3n) is 7.78. The van der Waals surface area contributed by atoms with Crippen LogP contribution in [0.5, 0.6) is 0 Å². The van der Waals surface area contributed by atoms with E-state index in [0.29, 0.717) is 23.6 Å². The van der Waals surface area contributed by atoms with Gasteiger partial charge in [0.05, 0.1) is 31.3 Å². The normalized spacial score (nSPS) is 28.8. The molecule has 37 heavy (non-hydrogen) atoms. The molecule has 2 saturated carbocycles. The molecule has 6 atom stereocenters. The van der Waals surface area contributed by atoms with Crippen LogP contribution in [0.2, 0.25) is 0 Å². The van der Waals surface area contributed by atoms with Crippen LogP contribution in [0.3, 0.4) is 0 Å². The van der Waals surface area contributed by atoms with Gasteiger partial charge in [0.2, 0.25) is 11.9 Å². The molecular formula is C23H28N10O4. The van der Waals surface area contributed by atoms with Crippen molar-refractivity contribution in [3.8, 4) is 0 Å². The van der Waals surface area contributed by atoms with Gasteiger partial charge in [-0.2, -0.15) is 4.98 Å². The molecule has 0 aromatic carbocycles. The number of aliphatic hydroxyl groups is 3. The minimum atomic E-state index is -0.788. The molecule has 194 valence electrons. The molecule has 1 aliphatic heterocycles. The van der Waals surface area contributed by atoms with Crippen molar-refractivity contribution in [2.24, 2.45) is 28.5 Å². The molecule has 0 saturated heterocycles. The van der Waals surface area contributed by atoms with E-state index in [-0.39, 0.29) is 67.1 Å². The van der Waals surface area contributed by atoms with E-state index >= 15 is 0 Å². The number of guanidine groups is 1. The summed E-state index contributed by atoms with van der Waals surface area (Å²) in [6.07, 6.45) is 3.06. The maximum absolute atomic E-state index is 12.7. The van der Waals surface area contributed by atoms with E-state index in [0.717, 1.165) is 11.1 Å². The maximum Gasteiger partial charge on any atom is 0.280 e. The fourth-order valence-corrected chi connectivity index (χ4v) is 5.57. The van der Waals surface area contributed by atoms with Crippen molar-refractivity contribution in [3.05, 3.63) is 53.0 Å². The molecule has 8 N–H and O–H groups in total. The van der Waals surface area contributed by atoms with Crippen LogP contribution in [0.25, 0.3) is 11.2 Å². The van der Waals surface area contributed by atoms with Crippen molar-refractivity contribution < 1.29 is 15.3 Å². The van der Waals surface area contributed by atoms with Crippen LogP contribution in [0.4, 0.5) is 11.8 Å². The number of aromatic amines is 1. The molecule has 0 radical (unpaired) electrons. The highest BCUT2D eigenvalue weighted by Crippen LogP contribution is 2.49. The number of hydrogen-bond donors (Lipinski definition) is 7. The molecule has 14 nitrogen and oxygen atoms in total. The van der Waals surface area contributed by atoms with Crippen molar-refractivity contribution >= 4 is 28.9 Å². The van der Waals surface area contributed by atoms with Gasteiger partial charge < -0.3 is 35.5 Å². The lowest BCUT2D eigenvalue weighted by atomic mass is 9.66. The lowest BCUT2D eigenvalue weighted by Crippen LogP contribution is -2.45. The lowest BCUT2D eigenvalue weighted by molar-refractivity contribution is 0.0530. The molecule has 4 heterocycles. The van der Waals surface area contributed by atoms with Crippen LogP contribution < -0.4 is 21.9 Å². The summed E-state index contributed by atoms with van der Waals surface area (Å²) in [6.45, 7) is 7.96. The molecule has 3 aromatic rings. The van der Waals surface area contributed by atoms with Crippen molar-refractivity contribution in [2.75, 3.05) is 30.5 Å². The maximum atomic E-state index is 12.7. The Hall–Kier alpha value is -3.85. The van der Waals surface area contributed by atoms with Gasteiger partial charge in [0.15, 0.2) is 11.2 Å². The number of imidazole rings is 2. The number of hydrogen-bond acceptors (Lipinski definition) is 11. The Bertz CT molecular complexity index is 1500. The summed E-state index contributed by atoms with van der Waals surface area (Å²) in [7, 11) is 0. The fraction of sp³-hybridized carbons (Fsp3) is 0.435. The van der Waals surface area contributed by atoms with E-state index in [1.165, 1.54) is 0 Å². The number of nitrogens with two attached hydrogens (primary N) is 1.